The second-order valence-electron chi connectivity index (χ2n) is 8.73. The van der Waals surface area contributed by atoms with E-state index in [1.807, 2.05) is 0 Å². The molecule has 3 amide bonds. The molecule has 3 aromatic rings. The van der Waals surface area contributed by atoms with E-state index >= 15 is 0 Å². The highest BCUT2D eigenvalue weighted by Crippen LogP contribution is 2.47. The van der Waals surface area contributed by atoms with Gasteiger partial charge in [-0.15, -0.1) is 0 Å². The maximum Gasteiger partial charge on any atom is 0.270 e. The highest BCUT2D eigenvalue weighted by atomic mass is 19.1. The van der Waals surface area contributed by atoms with E-state index in [1.54, 1.807) is 6.92 Å². The topological polar surface area (TPSA) is 135 Å². The van der Waals surface area contributed by atoms with Crippen LogP contribution in [0.4, 0.5) is 20.2 Å². The maximum atomic E-state index is 14.8. The third kappa shape index (κ3) is 6.07. The molecule has 1 fully saturated rings. The lowest BCUT2D eigenvalue weighted by Crippen LogP contribution is -2.38. The summed E-state index contributed by atoms with van der Waals surface area (Å²) >= 11 is 0. The highest BCUT2D eigenvalue weighted by molar-refractivity contribution is 6.16. The van der Waals surface area contributed by atoms with Crippen molar-refractivity contribution in [2.75, 3.05) is 17.2 Å². The Morgan fingerprint density at radius 1 is 1.00 bits per heavy atom. The van der Waals surface area contributed by atoms with Gasteiger partial charge < -0.3 is 26.4 Å². The molecule has 0 radical (unpaired) electrons. The summed E-state index contributed by atoms with van der Waals surface area (Å²) in [4.78, 5) is 41.7. The number of amides is 3. The van der Waals surface area contributed by atoms with E-state index in [4.69, 9.17) is 10.5 Å². The minimum atomic E-state index is -1.28. The van der Waals surface area contributed by atoms with Crippen LogP contribution in [-0.4, -0.2) is 35.3 Å². The minimum absolute atomic E-state index is 0.0794. The van der Waals surface area contributed by atoms with Gasteiger partial charge in [0.15, 0.2) is 11.6 Å². The van der Waals surface area contributed by atoms with E-state index < -0.39 is 34.8 Å². The van der Waals surface area contributed by atoms with Crippen molar-refractivity contribution in [3.05, 3.63) is 78.1 Å². The van der Waals surface area contributed by atoms with Crippen molar-refractivity contribution in [3.63, 3.8) is 0 Å². The molecule has 192 valence electrons. The lowest BCUT2D eigenvalue weighted by Gasteiger charge is -2.16. The molecule has 0 spiro atoms. The molecule has 5 N–H and O–H groups in total. The molecule has 1 heterocycles. The molecule has 0 bridgehead atoms. The first kappa shape index (κ1) is 25.7. The molecule has 1 atom stereocenters. The van der Waals surface area contributed by atoms with Gasteiger partial charge >= 0.3 is 0 Å². The Bertz CT molecular complexity index is 1330. The van der Waals surface area contributed by atoms with Gasteiger partial charge in [-0.1, -0.05) is 0 Å². The zero-order valence-corrected chi connectivity index (χ0v) is 19.9. The van der Waals surface area contributed by atoms with E-state index in [9.17, 15) is 23.2 Å². The molecule has 9 nitrogen and oxygen atoms in total. The number of benzene rings is 2. The molecular weight excluding hydrogens is 484 g/mol. The summed E-state index contributed by atoms with van der Waals surface area (Å²) in [7, 11) is 0. The van der Waals surface area contributed by atoms with Crippen LogP contribution in [0.1, 0.15) is 30.3 Å². The molecule has 0 saturated heterocycles. The van der Waals surface area contributed by atoms with Crippen LogP contribution >= 0.6 is 0 Å². The predicted octanol–water partition coefficient (Wildman–Crippen LogP) is 3.59. The number of rotatable bonds is 9. The van der Waals surface area contributed by atoms with Crippen molar-refractivity contribution >= 4 is 29.1 Å². The number of anilines is 2. The fraction of sp³-hybridized carbons (Fsp3) is 0.231. The van der Waals surface area contributed by atoms with Crippen molar-refractivity contribution in [2.45, 2.75) is 25.8 Å². The molecule has 1 saturated carbocycles. The van der Waals surface area contributed by atoms with E-state index in [-0.39, 0.29) is 35.5 Å². The summed E-state index contributed by atoms with van der Waals surface area (Å²) in [6.07, 6.45) is 2.02. The average molecular weight is 510 g/mol. The van der Waals surface area contributed by atoms with Crippen LogP contribution in [0.5, 0.6) is 11.5 Å². The average Bonchev–Trinajstić information content (AvgIpc) is 3.69. The van der Waals surface area contributed by atoms with Gasteiger partial charge in [0, 0.05) is 42.3 Å². The van der Waals surface area contributed by atoms with E-state index in [0.717, 1.165) is 6.07 Å². The number of nitrogens with one attached hydrogen (secondary N) is 3. The first-order valence-corrected chi connectivity index (χ1v) is 11.5. The number of hydrogen-bond donors (Lipinski definition) is 4. The fourth-order valence-corrected chi connectivity index (χ4v) is 3.46. The van der Waals surface area contributed by atoms with E-state index in [0.29, 0.717) is 18.5 Å². The van der Waals surface area contributed by atoms with Crippen molar-refractivity contribution in [3.8, 4) is 11.5 Å². The molecule has 37 heavy (non-hydrogen) atoms. The molecular formula is C26H25F2N5O4. The number of ether oxygens (including phenoxy) is 1. The summed E-state index contributed by atoms with van der Waals surface area (Å²) in [5, 5.41) is 7.86. The van der Waals surface area contributed by atoms with Crippen LogP contribution in [0.25, 0.3) is 0 Å². The third-order valence-electron chi connectivity index (χ3n) is 5.83. The standard InChI is InChI=1S/C26H25F2N5O4/c1-15(14-29)31-23(34)21-13-19(8-11-30-21)37-22-7-6-18(12-20(22)28)33-25(36)26(9-10-26)24(35)32-17-4-2-16(27)3-5-17/h2-8,11-13,15H,9-10,14,29H2,1H3,(H,31,34)(H,32,35)(H,33,36). The molecule has 2 aromatic carbocycles. The van der Waals surface area contributed by atoms with Gasteiger partial charge in [0.25, 0.3) is 5.91 Å². The van der Waals surface area contributed by atoms with Crippen molar-refractivity contribution < 1.29 is 27.9 Å². The summed E-state index contributed by atoms with van der Waals surface area (Å²) in [6, 6.07) is 11.6. The Kier molecular flexibility index (Phi) is 7.44. The quantitative estimate of drug-likeness (QED) is 0.326. The first-order chi connectivity index (χ1) is 17.7. The lowest BCUT2D eigenvalue weighted by molar-refractivity contribution is -0.131. The van der Waals surface area contributed by atoms with Crippen LogP contribution < -0.4 is 26.4 Å². The molecule has 1 aromatic heterocycles. The summed E-state index contributed by atoms with van der Waals surface area (Å²) in [5.74, 6) is -2.70. The molecule has 1 unspecified atom stereocenters. The second-order valence-corrected chi connectivity index (χ2v) is 8.73. The van der Waals surface area contributed by atoms with Crippen LogP contribution in [0.2, 0.25) is 0 Å². The number of pyridine rings is 1. The number of hydrogen-bond acceptors (Lipinski definition) is 6. The smallest absolute Gasteiger partial charge is 0.270 e. The Morgan fingerprint density at radius 3 is 2.27 bits per heavy atom. The molecule has 11 heteroatoms. The first-order valence-electron chi connectivity index (χ1n) is 11.5. The van der Waals surface area contributed by atoms with Crippen LogP contribution in [0, 0.1) is 17.0 Å². The minimum Gasteiger partial charge on any atom is -0.454 e. The summed E-state index contributed by atoms with van der Waals surface area (Å²) < 4.78 is 33.4. The number of nitrogens with zero attached hydrogens (tertiary/aromatic N) is 1. The van der Waals surface area contributed by atoms with Crippen LogP contribution in [0.15, 0.2) is 60.8 Å². The Labute approximate surface area is 211 Å². The van der Waals surface area contributed by atoms with Crippen molar-refractivity contribution in [1.29, 1.82) is 0 Å². The van der Waals surface area contributed by atoms with E-state index in [2.05, 4.69) is 20.9 Å². The van der Waals surface area contributed by atoms with Crippen LogP contribution in [0.3, 0.4) is 0 Å². The third-order valence-corrected chi connectivity index (χ3v) is 5.83. The molecule has 1 aliphatic carbocycles. The molecule has 0 aliphatic heterocycles. The number of carbonyl (C=O) groups excluding carboxylic acids is 3. The molecule has 1 aliphatic rings. The summed E-state index contributed by atoms with van der Waals surface area (Å²) in [6.45, 7) is 2.01. The van der Waals surface area contributed by atoms with Gasteiger partial charge in [0.1, 0.15) is 22.7 Å². The van der Waals surface area contributed by atoms with E-state index in [1.165, 1.54) is 54.7 Å². The molecule has 4 rings (SSSR count). The number of carbonyl (C=O) groups is 3. The lowest BCUT2D eigenvalue weighted by atomic mass is 10.0. The number of aromatic nitrogens is 1. The summed E-state index contributed by atoms with van der Waals surface area (Å²) in [5.41, 5.74) is 4.81. The van der Waals surface area contributed by atoms with Crippen LogP contribution in [-0.2, 0) is 9.59 Å². The Balaban J connectivity index is 1.40. The zero-order valence-electron chi connectivity index (χ0n) is 19.9. The van der Waals surface area contributed by atoms with Gasteiger partial charge in [0.2, 0.25) is 11.8 Å². The van der Waals surface area contributed by atoms with Crippen molar-refractivity contribution in [2.24, 2.45) is 11.1 Å². The van der Waals surface area contributed by atoms with Gasteiger partial charge in [0.05, 0.1) is 0 Å². The van der Waals surface area contributed by atoms with Gasteiger partial charge in [-0.3, -0.25) is 19.4 Å². The van der Waals surface area contributed by atoms with Gasteiger partial charge in [-0.25, -0.2) is 8.78 Å². The number of nitrogens with two attached hydrogens (primary N) is 1. The SMILES string of the molecule is CC(CN)NC(=O)c1cc(Oc2ccc(NC(=O)C3(C(=O)Nc4ccc(F)cc4)CC3)cc2F)ccn1. The Hall–Kier alpha value is -4.38. The normalized spacial score (nSPS) is 14.3. The zero-order chi connectivity index (χ0) is 26.6. The monoisotopic (exact) mass is 509 g/mol. The highest BCUT2D eigenvalue weighted by Gasteiger charge is 2.56. The van der Waals surface area contributed by atoms with Gasteiger partial charge in [-0.2, -0.15) is 0 Å². The maximum absolute atomic E-state index is 14.8. The fourth-order valence-electron chi connectivity index (χ4n) is 3.46. The predicted molar refractivity (Wildman–Crippen MR) is 132 cm³/mol. The second kappa shape index (κ2) is 10.7. The number of halogens is 2. The Morgan fingerprint density at radius 2 is 1.65 bits per heavy atom. The largest absolute Gasteiger partial charge is 0.454 e. The van der Waals surface area contributed by atoms with Gasteiger partial charge in [-0.05, 0) is 62.2 Å². The van der Waals surface area contributed by atoms with Crippen molar-refractivity contribution in [1.82, 2.24) is 10.3 Å².